The molecule has 2 heterocycles. The van der Waals surface area contributed by atoms with E-state index in [9.17, 15) is 10.1 Å². The summed E-state index contributed by atoms with van der Waals surface area (Å²) in [4.78, 5) is 13.7. The predicted molar refractivity (Wildman–Crippen MR) is 144 cm³/mol. The van der Waals surface area contributed by atoms with Crippen molar-refractivity contribution in [3.8, 4) is 11.8 Å². The van der Waals surface area contributed by atoms with Crippen LogP contribution in [0, 0.1) is 18.3 Å². The maximum Gasteiger partial charge on any atom is 0.268 e. The van der Waals surface area contributed by atoms with Gasteiger partial charge < -0.3 is 9.15 Å². The van der Waals surface area contributed by atoms with Gasteiger partial charge in [0.2, 0.25) is 5.13 Å². The van der Waals surface area contributed by atoms with Crippen molar-refractivity contribution in [3.05, 3.63) is 101 Å². The van der Waals surface area contributed by atoms with E-state index in [4.69, 9.17) is 9.15 Å². The molecule has 3 aromatic carbocycles. The van der Waals surface area contributed by atoms with E-state index in [0.717, 1.165) is 27.0 Å². The van der Waals surface area contributed by atoms with Crippen LogP contribution in [0.3, 0.4) is 0 Å². The van der Waals surface area contributed by atoms with Crippen LogP contribution in [0.5, 0.6) is 5.75 Å². The number of anilines is 1. The van der Waals surface area contributed by atoms with Gasteiger partial charge in [-0.05, 0) is 53.6 Å². The fourth-order valence-electron chi connectivity index (χ4n) is 3.53. The SMILES string of the molecule is Cc1cccc(OCc2nnc(NC(=O)C(C#N)=Cc3ccc(Sc4cccc5ccccc45)o3)s2)c1. The van der Waals surface area contributed by atoms with Gasteiger partial charge in [-0.3, -0.25) is 10.1 Å². The molecule has 0 aliphatic heterocycles. The van der Waals surface area contributed by atoms with Crippen LogP contribution in [-0.2, 0) is 11.4 Å². The van der Waals surface area contributed by atoms with Crippen molar-refractivity contribution in [1.29, 1.82) is 5.26 Å². The summed E-state index contributed by atoms with van der Waals surface area (Å²) in [7, 11) is 0. The lowest BCUT2D eigenvalue weighted by Crippen LogP contribution is -2.13. The molecule has 0 spiro atoms. The summed E-state index contributed by atoms with van der Waals surface area (Å²) in [5.74, 6) is 0.537. The molecule has 7 nitrogen and oxygen atoms in total. The maximum absolute atomic E-state index is 12.7. The highest BCUT2D eigenvalue weighted by Crippen LogP contribution is 2.34. The lowest BCUT2D eigenvalue weighted by atomic mass is 10.1. The molecule has 0 atom stereocenters. The van der Waals surface area contributed by atoms with E-state index in [1.165, 1.54) is 29.2 Å². The normalized spacial score (nSPS) is 11.3. The van der Waals surface area contributed by atoms with Gasteiger partial charge in [0.05, 0.1) is 0 Å². The Morgan fingerprint density at radius 3 is 2.81 bits per heavy atom. The quantitative estimate of drug-likeness (QED) is 0.175. The molecule has 1 N–H and O–H groups in total. The molecule has 0 saturated heterocycles. The third-order valence-electron chi connectivity index (χ3n) is 5.25. The van der Waals surface area contributed by atoms with Gasteiger partial charge in [-0.25, -0.2) is 0 Å². The monoisotopic (exact) mass is 524 g/mol. The Morgan fingerprint density at radius 1 is 1.11 bits per heavy atom. The van der Waals surface area contributed by atoms with Gasteiger partial charge in [0, 0.05) is 11.0 Å². The molecule has 0 saturated carbocycles. The number of ether oxygens (including phenoxy) is 1. The number of aryl methyl sites for hydroxylation is 1. The molecule has 5 rings (SSSR count). The first kappa shape index (κ1) is 24.3. The molecule has 37 heavy (non-hydrogen) atoms. The molecule has 0 radical (unpaired) electrons. The first-order valence-corrected chi connectivity index (χ1v) is 12.9. The predicted octanol–water partition coefficient (Wildman–Crippen LogP) is 6.87. The number of hydrogen-bond donors (Lipinski definition) is 1. The third-order valence-corrected chi connectivity index (χ3v) is 7.06. The smallest absolute Gasteiger partial charge is 0.268 e. The van der Waals surface area contributed by atoms with Crippen LogP contribution in [-0.4, -0.2) is 16.1 Å². The summed E-state index contributed by atoms with van der Waals surface area (Å²) in [5, 5.41) is 24.0. The molecule has 0 unspecified atom stereocenters. The van der Waals surface area contributed by atoms with Crippen LogP contribution in [0.1, 0.15) is 16.3 Å². The van der Waals surface area contributed by atoms with E-state index in [2.05, 4.69) is 33.7 Å². The first-order chi connectivity index (χ1) is 18.1. The van der Waals surface area contributed by atoms with Crippen molar-refractivity contribution in [2.45, 2.75) is 23.5 Å². The number of carbonyl (C=O) groups excluding carboxylic acids is 1. The molecule has 0 bridgehead atoms. The zero-order chi connectivity index (χ0) is 25.6. The van der Waals surface area contributed by atoms with Crippen LogP contribution in [0.4, 0.5) is 5.13 Å². The van der Waals surface area contributed by atoms with Gasteiger partial charge in [-0.2, -0.15) is 5.26 Å². The molecule has 2 aromatic heterocycles. The summed E-state index contributed by atoms with van der Waals surface area (Å²) in [6.45, 7) is 2.21. The van der Waals surface area contributed by atoms with E-state index >= 15 is 0 Å². The van der Waals surface area contributed by atoms with Crippen molar-refractivity contribution >= 4 is 51.0 Å². The Balaban J connectivity index is 1.23. The van der Waals surface area contributed by atoms with E-state index in [1.807, 2.05) is 67.6 Å². The zero-order valence-corrected chi connectivity index (χ0v) is 21.3. The van der Waals surface area contributed by atoms with Crippen LogP contribution in [0.25, 0.3) is 16.8 Å². The number of amides is 1. The fraction of sp³-hybridized carbons (Fsp3) is 0.0714. The van der Waals surface area contributed by atoms with Crippen LogP contribution >= 0.6 is 23.1 Å². The largest absolute Gasteiger partial charge is 0.486 e. The van der Waals surface area contributed by atoms with Crippen molar-refractivity contribution in [2.24, 2.45) is 0 Å². The van der Waals surface area contributed by atoms with E-state index in [1.54, 1.807) is 6.07 Å². The van der Waals surface area contributed by atoms with E-state index < -0.39 is 5.91 Å². The van der Waals surface area contributed by atoms with Crippen molar-refractivity contribution in [3.63, 3.8) is 0 Å². The standard InChI is InChI=1S/C28H20N4O3S2/c1-18-6-4-9-21(14-18)34-17-25-31-32-28(37-25)30-27(33)20(16-29)15-22-12-13-26(35-22)36-24-11-5-8-19-7-2-3-10-23(19)24/h2-15H,17H2,1H3,(H,30,32,33). The average molecular weight is 525 g/mol. The van der Waals surface area contributed by atoms with Crippen molar-refractivity contribution in [1.82, 2.24) is 10.2 Å². The number of rotatable bonds is 8. The molecule has 0 aliphatic carbocycles. The second-order valence-corrected chi connectivity index (χ2v) is 10.1. The van der Waals surface area contributed by atoms with Crippen LogP contribution in [0.15, 0.2) is 98.8 Å². The van der Waals surface area contributed by atoms with Gasteiger partial charge >= 0.3 is 0 Å². The molecule has 1 amide bonds. The summed E-state index contributed by atoms with van der Waals surface area (Å²) >= 11 is 2.66. The number of aromatic nitrogens is 2. The van der Waals surface area contributed by atoms with Gasteiger partial charge in [0.1, 0.15) is 29.8 Å². The highest BCUT2D eigenvalue weighted by atomic mass is 32.2. The van der Waals surface area contributed by atoms with Gasteiger partial charge in [0.25, 0.3) is 5.91 Å². The summed E-state index contributed by atoms with van der Waals surface area (Å²) in [6, 6.07) is 27.4. The summed E-state index contributed by atoms with van der Waals surface area (Å²) in [6.07, 6.45) is 1.41. The van der Waals surface area contributed by atoms with E-state index in [0.29, 0.717) is 15.9 Å². The van der Waals surface area contributed by atoms with Gasteiger partial charge in [0.15, 0.2) is 10.1 Å². The fourth-order valence-corrected chi connectivity index (χ4v) is 5.11. The highest BCUT2D eigenvalue weighted by Gasteiger charge is 2.15. The minimum absolute atomic E-state index is 0.108. The van der Waals surface area contributed by atoms with Crippen LogP contribution in [0.2, 0.25) is 0 Å². The third kappa shape index (κ3) is 6.06. The van der Waals surface area contributed by atoms with Gasteiger partial charge in [-0.15, -0.1) is 10.2 Å². The Bertz CT molecular complexity index is 1640. The van der Waals surface area contributed by atoms with Crippen molar-refractivity contribution in [2.75, 3.05) is 5.32 Å². The summed E-state index contributed by atoms with van der Waals surface area (Å²) in [5.41, 5.74) is 0.984. The molecule has 182 valence electrons. The minimum Gasteiger partial charge on any atom is -0.486 e. The second-order valence-electron chi connectivity index (χ2n) is 7.97. The van der Waals surface area contributed by atoms with Crippen LogP contribution < -0.4 is 10.1 Å². The van der Waals surface area contributed by atoms with E-state index in [-0.39, 0.29) is 17.3 Å². The highest BCUT2D eigenvalue weighted by molar-refractivity contribution is 7.99. The number of benzene rings is 3. The second kappa shape index (κ2) is 11.1. The number of nitrogens with one attached hydrogen (secondary N) is 1. The lowest BCUT2D eigenvalue weighted by Gasteiger charge is -2.04. The number of hydrogen-bond acceptors (Lipinski definition) is 8. The van der Waals surface area contributed by atoms with Crippen molar-refractivity contribution < 1.29 is 13.9 Å². The molecular weight excluding hydrogens is 504 g/mol. The lowest BCUT2D eigenvalue weighted by molar-refractivity contribution is -0.112. The Hall–Kier alpha value is -4.39. The number of carbonyl (C=O) groups is 1. The minimum atomic E-state index is -0.593. The number of fused-ring (bicyclic) bond motifs is 1. The molecular formula is C28H20N4O3S2. The molecule has 9 heteroatoms. The number of nitriles is 1. The Kier molecular flexibility index (Phi) is 7.31. The zero-order valence-electron chi connectivity index (χ0n) is 19.7. The first-order valence-electron chi connectivity index (χ1n) is 11.3. The van der Waals surface area contributed by atoms with Gasteiger partial charge in [-0.1, -0.05) is 71.6 Å². The molecule has 5 aromatic rings. The summed E-state index contributed by atoms with van der Waals surface area (Å²) < 4.78 is 11.6. The number of furan rings is 1. The number of nitrogens with zero attached hydrogens (tertiary/aromatic N) is 3. The topological polar surface area (TPSA) is 101 Å². The molecule has 0 aliphatic rings. The molecule has 0 fully saturated rings. The Morgan fingerprint density at radius 2 is 1.95 bits per heavy atom. The maximum atomic E-state index is 12.7. The average Bonchev–Trinajstić information content (AvgIpc) is 3.55. The Labute approximate surface area is 221 Å².